The summed E-state index contributed by atoms with van der Waals surface area (Å²) >= 11 is 5.89. The molecule has 0 radical (unpaired) electrons. The van der Waals surface area contributed by atoms with Crippen molar-refractivity contribution in [2.24, 2.45) is 5.16 Å². The molecular weight excluding hydrogens is 258 g/mol. The van der Waals surface area contributed by atoms with Crippen LogP contribution in [0.5, 0.6) is 0 Å². The quantitative estimate of drug-likeness (QED) is 0.793. The molecule has 0 aliphatic carbocycles. The summed E-state index contributed by atoms with van der Waals surface area (Å²) < 4.78 is 0. The molecule has 0 spiro atoms. The van der Waals surface area contributed by atoms with Crippen molar-refractivity contribution in [2.75, 3.05) is 0 Å². The summed E-state index contributed by atoms with van der Waals surface area (Å²) in [5, 5.41) is 4.85. The van der Waals surface area contributed by atoms with Crippen LogP contribution in [0.2, 0.25) is 5.02 Å². The molecule has 1 aliphatic heterocycles. The number of rotatable bonds is 2. The van der Waals surface area contributed by atoms with Crippen LogP contribution in [-0.2, 0) is 4.84 Å². The standard InChI is InChI=1S/C16H12ClNO/c1-11-15(12-7-9-14(17)10-8-12)18-19-16(11)13-5-3-2-4-6-13/h2-10,16H,1H2. The Morgan fingerprint density at radius 3 is 2.37 bits per heavy atom. The van der Waals surface area contributed by atoms with Gasteiger partial charge >= 0.3 is 0 Å². The van der Waals surface area contributed by atoms with Gasteiger partial charge in [0.1, 0.15) is 5.71 Å². The van der Waals surface area contributed by atoms with E-state index in [9.17, 15) is 0 Å². The summed E-state index contributed by atoms with van der Waals surface area (Å²) in [6.45, 7) is 4.10. The van der Waals surface area contributed by atoms with E-state index in [1.54, 1.807) is 0 Å². The molecule has 3 heteroatoms. The van der Waals surface area contributed by atoms with E-state index in [0.29, 0.717) is 5.02 Å². The summed E-state index contributed by atoms with van der Waals surface area (Å²) in [4.78, 5) is 5.50. The molecular formula is C16H12ClNO. The Hall–Kier alpha value is -2.06. The van der Waals surface area contributed by atoms with E-state index >= 15 is 0 Å². The highest BCUT2D eigenvalue weighted by atomic mass is 35.5. The SMILES string of the molecule is C=C1C(c2ccc(Cl)cc2)=NOC1c1ccccc1. The van der Waals surface area contributed by atoms with Gasteiger partial charge in [-0.3, -0.25) is 0 Å². The lowest BCUT2D eigenvalue weighted by Crippen LogP contribution is -2.05. The minimum Gasteiger partial charge on any atom is -0.382 e. The molecule has 0 amide bonds. The number of hydrogen-bond acceptors (Lipinski definition) is 2. The zero-order valence-corrected chi connectivity index (χ0v) is 11.0. The lowest BCUT2D eigenvalue weighted by Gasteiger charge is -2.10. The van der Waals surface area contributed by atoms with Gasteiger partial charge in [-0.05, 0) is 17.7 Å². The third kappa shape index (κ3) is 2.27. The van der Waals surface area contributed by atoms with E-state index in [-0.39, 0.29) is 6.10 Å². The molecule has 19 heavy (non-hydrogen) atoms. The molecule has 1 atom stereocenters. The van der Waals surface area contributed by atoms with Gasteiger partial charge in [-0.15, -0.1) is 0 Å². The first kappa shape index (κ1) is 12.0. The first-order valence-electron chi connectivity index (χ1n) is 5.99. The van der Waals surface area contributed by atoms with Crippen molar-refractivity contribution >= 4 is 17.3 Å². The Labute approximate surface area is 117 Å². The van der Waals surface area contributed by atoms with E-state index in [1.807, 2.05) is 54.6 Å². The molecule has 3 rings (SSSR count). The maximum absolute atomic E-state index is 5.89. The topological polar surface area (TPSA) is 21.6 Å². The fourth-order valence-electron chi connectivity index (χ4n) is 2.09. The third-order valence-corrected chi connectivity index (χ3v) is 3.34. The van der Waals surface area contributed by atoms with Crippen LogP contribution >= 0.6 is 11.6 Å². The largest absolute Gasteiger partial charge is 0.382 e. The highest BCUT2D eigenvalue weighted by molar-refractivity contribution is 6.30. The van der Waals surface area contributed by atoms with Gasteiger partial charge in [0, 0.05) is 16.2 Å². The zero-order chi connectivity index (χ0) is 13.2. The first-order valence-corrected chi connectivity index (χ1v) is 6.37. The van der Waals surface area contributed by atoms with Crippen molar-refractivity contribution < 1.29 is 4.84 Å². The summed E-state index contributed by atoms with van der Waals surface area (Å²) in [5.41, 5.74) is 3.67. The van der Waals surface area contributed by atoms with Crippen LogP contribution in [0, 0.1) is 0 Å². The monoisotopic (exact) mass is 269 g/mol. The number of benzene rings is 2. The van der Waals surface area contributed by atoms with Crippen LogP contribution < -0.4 is 0 Å². The van der Waals surface area contributed by atoms with Crippen molar-refractivity contribution in [3.8, 4) is 0 Å². The Kier molecular flexibility index (Phi) is 3.10. The predicted molar refractivity (Wildman–Crippen MR) is 77.4 cm³/mol. The molecule has 0 saturated heterocycles. The van der Waals surface area contributed by atoms with Crippen molar-refractivity contribution in [3.63, 3.8) is 0 Å². The molecule has 1 unspecified atom stereocenters. The lowest BCUT2D eigenvalue weighted by molar-refractivity contribution is 0.105. The van der Waals surface area contributed by atoms with Crippen LogP contribution in [0.4, 0.5) is 0 Å². The number of hydrogen-bond donors (Lipinski definition) is 0. The van der Waals surface area contributed by atoms with Gasteiger partial charge in [0.15, 0.2) is 6.10 Å². The van der Waals surface area contributed by atoms with Crippen molar-refractivity contribution in [1.29, 1.82) is 0 Å². The lowest BCUT2D eigenvalue weighted by atomic mass is 9.96. The Balaban J connectivity index is 1.88. The molecule has 2 aromatic carbocycles. The van der Waals surface area contributed by atoms with E-state index < -0.39 is 0 Å². The van der Waals surface area contributed by atoms with Crippen molar-refractivity contribution in [3.05, 3.63) is 82.9 Å². The van der Waals surface area contributed by atoms with Gasteiger partial charge in [0.25, 0.3) is 0 Å². The molecule has 1 heterocycles. The number of oxime groups is 1. The average Bonchev–Trinajstić information content (AvgIpc) is 2.83. The normalized spacial score (nSPS) is 18.1. The highest BCUT2D eigenvalue weighted by Gasteiger charge is 2.28. The van der Waals surface area contributed by atoms with Crippen LogP contribution in [0.1, 0.15) is 17.2 Å². The molecule has 0 bridgehead atoms. The molecule has 0 N–H and O–H groups in total. The molecule has 94 valence electrons. The van der Waals surface area contributed by atoms with E-state index in [1.165, 1.54) is 0 Å². The van der Waals surface area contributed by atoms with Gasteiger partial charge in [-0.25, -0.2) is 0 Å². The van der Waals surface area contributed by atoms with Crippen LogP contribution in [0.15, 0.2) is 71.9 Å². The Bertz CT molecular complexity index is 632. The van der Waals surface area contributed by atoms with E-state index in [4.69, 9.17) is 16.4 Å². The third-order valence-electron chi connectivity index (χ3n) is 3.09. The smallest absolute Gasteiger partial charge is 0.179 e. The highest BCUT2D eigenvalue weighted by Crippen LogP contribution is 2.33. The number of halogens is 1. The summed E-state index contributed by atoms with van der Waals surface area (Å²) in [5.74, 6) is 0. The summed E-state index contributed by atoms with van der Waals surface area (Å²) in [7, 11) is 0. The molecule has 2 nitrogen and oxygen atoms in total. The average molecular weight is 270 g/mol. The summed E-state index contributed by atoms with van der Waals surface area (Å²) in [6.07, 6.45) is -0.202. The second-order valence-corrected chi connectivity index (χ2v) is 4.80. The summed E-state index contributed by atoms with van der Waals surface area (Å²) in [6, 6.07) is 17.5. The minimum atomic E-state index is -0.202. The van der Waals surface area contributed by atoms with Crippen LogP contribution in [0.25, 0.3) is 0 Å². The fourth-order valence-corrected chi connectivity index (χ4v) is 2.21. The second-order valence-electron chi connectivity index (χ2n) is 4.37. The predicted octanol–water partition coefficient (Wildman–Crippen LogP) is 4.37. The minimum absolute atomic E-state index is 0.202. The van der Waals surface area contributed by atoms with Gasteiger partial charge in [-0.2, -0.15) is 0 Å². The van der Waals surface area contributed by atoms with E-state index in [2.05, 4.69) is 11.7 Å². The molecule has 2 aromatic rings. The van der Waals surface area contributed by atoms with Gasteiger partial charge in [0.2, 0.25) is 0 Å². The van der Waals surface area contributed by atoms with Crippen LogP contribution in [0.3, 0.4) is 0 Å². The molecule has 1 aliphatic rings. The Morgan fingerprint density at radius 2 is 1.68 bits per heavy atom. The fraction of sp³-hybridized carbons (Fsp3) is 0.0625. The maximum Gasteiger partial charge on any atom is 0.179 e. The van der Waals surface area contributed by atoms with Gasteiger partial charge in [-0.1, -0.05) is 65.8 Å². The molecule has 0 aromatic heterocycles. The van der Waals surface area contributed by atoms with Crippen LogP contribution in [-0.4, -0.2) is 5.71 Å². The maximum atomic E-state index is 5.89. The van der Waals surface area contributed by atoms with E-state index in [0.717, 1.165) is 22.4 Å². The second kappa shape index (κ2) is 4.90. The van der Waals surface area contributed by atoms with Gasteiger partial charge in [0.05, 0.1) is 0 Å². The van der Waals surface area contributed by atoms with Gasteiger partial charge < -0.3 is 4.84 Å². The molecule has 0 saturated carbocycles. The Morgan fingerprint density at radius 1 is 1.00 bits per heavy atom. The molecule has 0 fully saturated rings. The van der Waals surface area contributed by atoms with Crippen molar-refractivity contribution in [1.82, 2.24) is 0 Å². The zero-order valence-electron chi connectivity index (χ0n) is 10.2. The number of nitrogens with zero attached hydrogens (tertiary/aromatic N) is 1. The first-order chi connectivity index (χ1) is 9.25. The van der Waals surface area contributed by atoms with Crippen molar-refractivity contribution in [2.45, 2.75) is 6.10 Å².